The van der Waals surface area contributed by atoms with Gasteiger partial charge in [-0.05, 0) is 37.0 Å². The van der Waals surface area contributed by atoms with E-state index in [1.54, 1.807) is 13.0 Å². The summed E-state index contributed by atoms with van der Waals surface area (Å²) in [6, 6.07) is 3.06. The molecule has 0 aliphatic rings. The number of aryl methyl sites for hydroxylation is 1. The molecule has 17 heavy (non-hydrogen) atoms. The fraction of sp³-hybridized carbons (Fsp3) is 0.538. The third-order valence-corrected chi connectivity index (χ3v) is 3.03. The molecule has 4 N–H and O–H groups in total. The number of benzene rings is 1. The van der Waals surface area contributed by atoms with Gasteiger partial charge < -0.3 is 16.2 Å². The van der Waals surface area contributed by atoms with Gasteiger partial charge in [-0.1, -0.05) is 13.3 Å². The van der Waals surface area contributed by atoms with Crippen LogP contribution in [0.15, 0.2) is 12.1 Å². The van der Waals surface area contributed by atoms with E-state index in [0.717, 1.165) is 25.1 Å². The first kappa shape index (κ1) is 13.8. The van der Waals surface area contributed by atoms with Crippen molar-refractivity contribution < 1.29 is 9.50 Å². The molecule has 0 saturated heterocycles. The fourth-order valence-electron chi connectivity index (χ4n) is 1.74. The van der Waals surface area contributed by atoms with E-state index in [1.807, 2.05) is 0 Å². The summed E-state index contributed by atoms with van der Waals surface area (Å²) in [6.45, 7) is 4.73. The number of nitrogens with one attached hydrogen (secondary N) is 1. The Balaban J connectivity index is 2.65. The normalized spacial score (nSPS) is 12.5. The van der Waals surface area contributed by atoms with Crippen molar-refractivity contribution in [3.8, 4) is 0 Å². The highest BCUT2D eigenvalue weighted by molar-refractivity contribution is 5.67. The van der Waals surface area contributed by atoms with Crippen LogP contribution in [-0.4, -0.2) is 18.3 Å². The summed E-state index contributed by atoms with van der Waals surface area (Å²) in [5, 5.41) is 12.1. The third kappa shape index (κ3) is 3.89. The van der Waals surface area contributed by atoms with E-state index in [4.69, 9.17) is 10.8 Å². The average Bonchev–Trinajstić information content (AvgIpc) is 2.30. The molecule has 0 amide bonds. The Kier molecular flexibility index (Phi) is 5.22. The first-order chi connectivity index (χ1) is 8.08. The molecule has 0 saturated carbocycles. The van der Waals surface area contributed by atoms with E-state index in [1.165, 1.54) is 6.07 Å². The second-order valence-corrected chi connectivity index (χ2v) is 4.36. The maximum Gasteiger partial charge on any atom is 0.128 e. The highest BCUT2D eigenvalue weighted by Gasteiger charge is 2.08. The van der Waals surface area contributed by atoms with E-state index in [-0.39, 0.29) is 12.4 Å². The monoisotopic (exact) mass is 240 g/mol. The lowest BCUT2D eigenvalue weighted by Crippen LogP contribution is -2.16. The van der Waals surface area contributed by atoms with Crippen LogP contribution in [0.3, 0.4) is 0 Å². The van der Waals surface area contributed by atoms with E-state index in [0.29, 0.717) is 17.2 Å². The number of aliphatic hydroxyl groups is 1. The van der Waals surface area contributed by atoms with Crippen molar-refractivity contribution in [1.29, 1.82) is 0 Å². The molecule has 1 unspecified atom stereocenters. The highest BCUT2D eigenvalue weighted by Crippen LogP contribution is 2.23. The van der Waals surface area contributed by atoms with Gasteiger partial charge in [0.05, 0.1) is 11.4 Å². The van der Waals surface area contributed by atoms with Crippen molar-refractivity contribution in [3.63, 3.8) is 0 Å². The molecule has 0 aliphatic carbocycles. The Morgan fingerprint density at radius 3 is 2.76 bits per heavy atom. The number of aliphatic hydroxyl groups excluding tert-OH is 1. The van der Waals surface area contributed by atoms with Gasteiger partial charge in [-0.3, -0.25) is 0 Å². The summed E-state index contributed by atoms with van der Waals surface area (Å²) in [5.74, 6) is 0.125. The molecule has 0 aromatic heterocycles. The van der Waals surface area contributed by atoms with Crippen LogP contribution in [0, 0.1) is 18.7 Å². The van der Waals surface area contributed by atoms with E-state index >= 15 is 0 Å². The van der Waals surface area contributed by atoms with Crippen molar-refractivity contribution >= 4 is 11.4 Å². The smallest absolute Gasteiger partial charge is 0.128 e. The molecule has 1 aromatic rings. The van der Waals surface area contributed by atoms with E-state index < -0.39 is 0 Å². The molecule has 0 aliphatic heterocycles. The molecule has 0 spiro atoms. The summed E-state index contributed by atoms with van der Waals surface area (Å²) < 4.78 is 13.2. The topological polar surface area (TPSA) is 58.3 Å². The quantitative estimate of drug-likeness (QED) is 0.670. The number of anilines is 2. The van der Waals surface area contributed by atoms with Crippen LogP contribution in [0.1, 0.15) is 25.3 Å². The Morgan fingerprint density at radius 2 is 2.18 bits per heavy atom. The minimum atomic E-state index is -0.282. The summed E-state index contributed by atoms with van der Waals surface area (Å²) in [7, 11) is 0. The van der Waals surface area contributed by atoms with Crippen LogP contribution in [0.2, 0.25) is 0 Å². The van der Waals surface area contributed by atoms with Crippen LogP contribution in [0.4, 0.5) is 15.8 Å². The van der Waals surface area contributed by atoms with Crippen molar-refractivity contribution in [3.05, 3.63) is 23.5 Å². The number of hydrogen-bond donors (Lipinski definition) is 3. The van der Waals surface area contributed by atoms with Crippen LogP contribution >= 0.6 is 0 Å². The lowest BCUT2D eigenvalue weighted by atomic mass is 10.0. The van der Waals surface area contributed by atoms with Crippen LogP contribution < -0.4 is 11.1 Å². The predicted octanol–water partition coefficient (Wildman–Crippen LogP) is 2.54. The second-order valence-electron chi connectivity index (χ2n) is 4.36. The minimum absolute atomic E-state index is 0.193. The Bertz CT molecular complexity index is 369. The molecule has 1 rings (SSSR count). The molecule has 0 heterocycles. The summed E-state index contributed by atoms with van der Waals surface area (Å²) >= 11 is 0. The Labute approximate surface area is 102 Å². The summed E-state index contributed by atoms with van der Waals surface area (Å²) in [6.07, 6.45) is 1.76. The SMILES string of the molecule is CCC(CCO)CNc1cc(C)c(F)cc1N. The molecule has 1 aromatic carbocycles. The molecular weight excluding hydrogens is 219 g/mol. The maximum atomic E-state index is 13.2. The Morgan fingerprint density at radius 1 is 1.47 bits per heavy atom. The maximum absolute atomic E-state index is 13.2. The molecule has 96 valence electrons. The number of rotatable bonds is 6. The second kappa shape index (κ2) is 6.45. The molecule has 3 nitrogen and oxygen atoms in total. The molecule has 4 heteroatoms. The van der Waals surface area contributed by atoms with Gasteiger partial charge in [0.2, 0.25) is 0 Å². The van der Waals surface area contributed by atoms with Crippen molar-refractivity contribution in [2.75, 3.05) is 24.2 Å². The van der Waals surface area contributed by atoms with Gasteiger partial charge in [-0.25, -0.2) is 4.39 Å². The summed E-state index contributed by atoms with van der Waals surface area (Å²) in [4.78, 5) is 0. The van der Waals surface area contributed by atoms with Crippen LogP contribution in [0.25, 0.3) is 0 Å². The average molecular weight is 240 g/mol. The zero-order valence-electron chi connectivity index (χ0n) is 10.5. The van der Waals surface area contributed by atoms with Gasteiger partial charge in [0.25, 0.3) is 0 Å². The minimum Gasteiger partial charge on any atom is -0.397 e. The number of hydrogen-bond acceptors (Lipinski definition) is 3. The van der Waals surface area contributed by atoms with Gasteiger partial charge in [0, 0.05) is 13.2 Å². The largest absolute Gasteiger partial charge is 0.397 e. The van der Waals surface area contributed by atoms with Gasteiger partial charge in [0.15, 0.2) is 0 Å². The highest BCUT2D eigenvalue weighted by atomic mass is 19.1. The van der Waals surface area contributed by atoms with Crippen LogP contribution in [0.5, 0.6) is 0 Å². The lowest BCUT2D eigenvalue weighted by molar-refractivity contribution is 0.258. The first-order valence-electron chi connectivity index (χ1n) is 5.98. The Hall–Kier alpha value is -1.29. The van der Waals surface area contributed by atoms with Gasteiger partial charge in [0.1, 0.15) is 5.82 Å². The van der Waals surface area contributed by atoms with Gasteiger partial charge >= 0.3 is 0 Å². The zero-order chi connectivity index (χ0) is 12.8. The number of halogens is 1. The molecule has 1 atom stereocenters. The van der Waals surface area contributed by atoms with E-state index in [9.17, 15) is 4.39 Å². The van der Waals surface area contributed by atoms with Gasteiger partial charge in [-0.2, -0.15) is 0 Å². The number of nitrogens with two attached hydrogens (primary N) is 1. The molecule has 0 bridgehead atoms. The van der Waals surface area contributed by atoms with Crippen LogP contribution in [-0.2, 0) is 0 Å². The zero-order valence-corrected chi connectivity index (χ0v) is 10.5. The van der Waals surface area contributed by atoms with E-state index in [2.05, 4.69) is 12.2 Å². The van der Waals surface area contributed by atoms with Crippen molar-refractivity contribution in [1.82, 2.24) is 0 Å². The summed E-state index contributed by atoms with van der Waals surface area (Å²) in [5.41, 5.74) is 7.51. The third-order valence-electron chi connectivity index (χ3n) is 3.03. The van der Waals surface area contributed by atoms with Crippen molar-refractivity contribution in [2.24, 2.45) is 5.92 Å². The first-order valence-corrected chi connectivity index (χ1v) is 5.98. The standard InChI is InChI=1S/C13H21FN2O/c1-3-10(4-5-17)8-16-13-6-9(2)11(14)7-12(13)15/h6-7,10,16-17H,3-5,8,15H2,1-2H3. The molecular formula is C13H21FN2O. The molecule has 0 radical (unpaired) electrons. The lowest BCUT2D eigenvalue weighted by Gasteiger charge is -2.17. The van der Waals surface area contributed by atoms with Crippen molar-refractivity contribution in [2.45, 2.75) is 26.7 Å². The molecule has 0 fully saturated rings. The predicted molar refractivity (Wildman–Crippen MR) is 69.5 cm³/mol. The number of nitrogen functional groups attached to an aromatic ring is 1. The van der Waals surface area contributed by atoms with Gasteiger partial charge in [-0.15, -0.1) is 0 Å². The fourth-order valence-corrected chi connectivity index (χ4v) is 1.74.